The Kier molecular flexibility index (Phi) is 6.95. The van der Waals surface area contributed by atoms with Crippen LogP contribution >= 0.6 is 0 Å². The number of aromatic hydroxyl groups is 1. The van der Waals surface area contributed by atoms with E-state index in [0.717, 1.165) is 55.4 Å². The van der Waals surface area contributed by atoms with Crippen LogP contribution in [0.25, 0.3) is 6.08 Å². The molecule has 0 bridgehead atoms. The third-order valence-corrected chi connectivity index (χ3v) is 10.3. The maximum Gasteiger partial charge on any atom is 0.252 e. The van der Waals surface area contributed by atoms with Gasteiger partial charge in [0.1, 0.15) is 11.5 Å². The number of ether oxygens (including phenoxy) is 1. The summed E-state index contributed by atoms with van der Waals surface area (Å²) in [6, 6.07) is 21.2. The lowest BCUT2D eigenvalue weighted by atomic mass is 9.53. The number of aliphatic hydroxyl groups is 1. The number of fused-ring (bicyclic) bond motifs is 5. The van der Waals surface area contributed by atoms with Gasteiger partial charge in [-0.2, -0.15) is 0 Å². The quantitative estimate of drug-likeness (QED) is 0.330. The molecule has 3 unspecified atom stereocenters. The fourth-order valence-electron chi connectivity index (χ4n) is 7.99. The lowest BCUT2D eigenvalue weighted by molar-refractivity contribution is -0.0705. The van der Waals surface area contributed by atoms with Crippen molar-refractivity contribution >= 4 is 12.0 Å². The number of hydrogen-bond donors (Lipinski definition) is 3. The third kappa shape index (κ3) is 4.60. The highest BCUT2D eigenvalue weighted by Gasteiger charge is 2.60. The van der Waals surface area contributed by atoms with Gasteiger partial charge in [0.15, 0.2) is 0 Å². The molecular formula is C35H39NO4. The molecule has 1 amide bonds. The summed E-state index contributed by atoms with van der Waals surface area (Å²) >= 11 is 0. The topological polar surface area (TPSA) is 78.8 Å². The lowest BCUT2D eigenvalue weighted by Crippen LogP contribution is -2.49. The predicted octanol–water partition coefficient (Wildman–Crippen LogP) is 6.63. The van der Waals surface area contributed by atoms with Crippen molar-refractivity contribution in [3.05, 3.63) is 101 Å². The van der Waals surface area contributed by atoms with Crippen molar-refractivity contribution in [1.29, 1.82) is 0 Å². The van der Waals surface area contributed by atoms with Crippen LogP contribution in [0.15, 0.2) is 72.8 Å². The second-order valence-corrected chi connectivity index (χ2v) is 12.2. The molecule has 6 rings (SSSR count). The second-order valence-electron chi connectivity index (χ2n) is 12.2. The molecule has 208 valence electrons. The monoisotopic (exact) mass is 537 g/mol. The van der Waals surface area contributed by atoms with Crippen LogP contribution in [0.5, 0.6) is 11.5 Å². The Morgan fingerprint density at radius 2 is 1.85 bits per heavy atom. The molecule has 3 aromatic rings. The molecule has 3 aliphatic rings. The minimum Gasteiger partial charge on any atom is -0.508 e. The van der Waals surface area contributed by atoms with E-state index in [9.17, 15) is 15.0 Å². The van der Waals surface area contributed by atoms with E-state index in [1.54, 1.807) is 7.11 Å². The minimum absolute atomic E-state index is 0.133. The van der Waals surface area contributed by atoms with Crippen LogP contribution in [0, 0.1) is 17.3 Å². The summed E-state index contributed by atoms with van der Waals surface area (Å²) in [5, 5.41) is 25.1. The van der Waals surface area contributed by atoms with Crippen LogP contribution in [0.4, 0.5) is 0 Å². The first-order valence-electron chi connectivity index (χ1n) is 14.5. The van der Waals surface area contributed by atoms with Gasteiger partial charge in [-0.25, -0.2) is 0 Å². The van der Waals surface area contributed by atoms with Crippen molar-refractivity contribution in [2.45, 2.75) is 63.5 Å². The first-order chi connectivity index (χ1) is 19.3. The highest BCUT2D eigenvalue weighted by atomic mass is 16.5. The molecule has 0 spiro atoms. The summed E-state index contributed by atoms with van der Waals surface area (Å²) in [6.07, 6.45) is 9.81. The molecule has 3 aliphatic carbocycles. The van der Waals surface area contributed by atoms with E-state index < -0.39 is 5.60 Å². The number of rotatable bonds is 6. The van der Waals surface area contributed by atoms with Gasteiger partial charge in [0, 0.05) is 17.5 Å². The summed E-state index contributed by atoms with van der Waals surface area (Å²) in [4.78, 5) is 13.2. The van der Waals surface area contributed by atoms with Crippen LogP contribution in [0.2, 0.25) is 0 Å². The van der Waals surface area contributed by atoms with Gasteiger partial charge in [0.05, 0.1) is 12.7 Å². The number of benzene rings is 3. The van der Waals surface area contributed by atoms with Gasteiger partial charge in [-0.3, -0.25) is 4.79 Å². The van der Waals surface area contributed by atoms with Crippen molar-refractivity contribution < 1.29 is 19.7 Å². The Morgan fingerprint density at radius 1 is 1.05 bits per heavy atom. The molecule has 0 saturated heterocycles. The highest BCUT2D eigenvalue weighted by molar-refractivity contribution is 5.97. The van der Waals surface area contributed by atoms with Crippen LogP contribution < -0.4 is 10.1 Å². The lowest BCUT2D eigenvalue weighted by Gasteiger charge is -2.52. The van der Waals surface area contributed by atoms with E-state index in [-0.39, 0.29) is 11.3 Å². The zero-order valence-corrected chi connectivity index (χ0v) is 23.4. The van der Waals surface area contributed by atoms with Crippen molar-refractivity contribution in [2.24, 2.45) is 17.3 Å². The van der Waals surface area contributed by atoms with Crippen molar-refractivity contribution in [2.75, 3.05) is 7.11 Å². The molecule has 5 nitrogen and oxygen atoms in total. The molecule has 0 aromatic heterocycles. The van der Waals surface area contributed by atoms with Crippen molar-refractivity contribution in [1.82, 2.24) is 5.32 Å². The number of methoxy groups -OCH3 is 1. The number of amides is 1. The maximum absolute atomic E-state index is 13.2. The summed E-state index contributed by atoms with van der Waals surface area (Å²) in [7, 11) is 1.64. The first-order valence-corrected chi connectivity index (χ1v) is 14.5. The number of carbonyl (C=O) groups excluding carboxylic acids is 1. The average molecular weight is 538 g/mol. The summed E-state index contributed by atoms with van der Waals surface area (Å²) in [5.41, 5.74) is 3.99. The van der Waals surface area contributed by atoms with E-state index in [1.807, 2.05) is 72.8 Å². The number of phenolic OH excluding ortho intramolecular Hbond substituents is 1. The predicted molar refractivity (Wildman–Crippen MR) is 157 cm³/mol. The van der Waals surface area contributed by atoms with Crippen LogP contribution in [-0.2, 0) is 13.0 Å². The van der Waals surface area contributed by atoms with E-state index in [4.69, 9.17) is 4.74 Å². The van der Waals surface area contributed by atoms with E-state index >= 15 is 0 Å². The van der Waals surface area contributed by atoms with Crippen LogP contribution in [0.3, 0.4) is 0 Å². The van der Waals surface area contributed by atoms with Gasteiger partial charge in [-0.1, -0.05) is 55.5 Å². The molecule has 5 heteroatoms. The molecule has 0 radical (unpaired) electrons. The van der Waals surface area contributed by atoms with Crippen molar-refractivity contribution in [3.63, 3.8) is 0 Å². The Labute approximate surface area is 236 Å². The first kappa shape index (κ1) is 26.6. The Balaban J connectivity index is 1.19. The standard InChI is InChI=1S/C35H39NO4/c1-34-18-16-30-28-14-10-26(37)21-25(28)9-13-31(30)32(34)17-20-35(34,39)19-15-24-5-3-4-6-29(24)33(38)36-22-23-7-11-27(40-2)12-8-23/h3-8,10-12,14-15,19,21,30-32,37,39H,9,13,16-18,20,22H2,1-2H3,(H,36,38)/b19-15+/t30?,31?,32?,34-,35-/m0/s1. The molecule has 3 aromatic carbocycles. The molecule has 5 atom stereocenters. The smallest absolute Gasteiger partial charge is 0.252 e. The molecular weight excluding hydrogens is 498 g/mol. The maximum atomic E-state index is 13.2. The summed E-state index contributed by atoms with van der Waals surface area (Å²) in [6.45, 7) is 2.71. The zero-order chi connectivity index (χ0) is 27.9. The minimum atomic E-state index is -0.912. The molecule has 2 fully saturated rings. The second kappa shape index (κ2) is 10.4. The van der Waals surface area contributed by atoms with E-state index in [2.05, 4.69) is 18.3 Å². The molecule has 0 heterocycles. The summed E-state index contributed by atoms with van der Waals surface area (Å²) < 4.78 is 5.22. The van der Waals surface area contributed by atoms with Gasteiger partial charge < -0.3 is 20.3 Å². The van der Waals surface area contributed by atoms with Gasteiger partial charge in [-0.15, -0.1) is 0 Å². The van der Waals surface area contributed by atoms with Crippen LogP contribution in [-0.4, -0.2) is 28.8 Å². The zero-order valence-electron chi connectivity index (χ0n) is 23.4. The molecule has 0 aliphatic heterocycles. The van der Waals surface area contributed by atoms with Gasteiger partial charge in [0.25, 0.3) is 5.91 Å². The van der Waals surface area contributed by atoms with Gasteiger partial charge >= 0.3 is 0 Å². The molecule has 40 heavy (non-hydrogen) atoms. The number of phenols is 1. The van der Waals surface area contributed by atoms with Crippen LogP contribution in [0.1, 0.15) is 77.6 Å². The number of hydrogen-bond acceptors (Lipinski definition) is 4. The Hall–Kier alpha value is -3.57. The number of aryl methyl sites for hydroxylation is 1. The Morgan fingerprint density at radius 3 is 2.65 bits per heavy atom. The van der Waals surface area contributed by atoms with E-state index in [0.29, 0.717) is 35.6 Å². The Bertz CT molecular complexity index is 1430. The SMILES string of the molecule is COc1ccc(CNC(=O)c2ccccc2/C=C/[C@]2(O)CCC3C4CCc5cc(O)ccc5C4CC[C@@]32C)cc1. The van der Waals surface area contributed by atoms with Crippen molar-refractivity contribution in [3.8, 4) is 11.5 Å². The molecule has 2 saturated carbocycles. The average Bonchev–Trinajstić information content (AvgIpc) is 3.25. The fourth-order valence-corrected chi connectivity index (χ4v) is 7.99. The number of nitrogens with one attached hydrogen (secondary N) is 1. The normalized spacial score (nSPS) is 28.9. The highest BCUT2D eigenvalue weighted by Crippen LogP contribution is 2.64. The van der Waals surface area contributed by atoms with Gasteiger partial charge in [0.2, 0.25) is 0 Å². The fraction of sp³-hybridized carbons (Fsp3) is 0.400. The summed E-state index contributed by atoms with van der Waals surface area (Å²) in [5.74, 6) is 2.51. The van der Waals surface area contributed by atoms with E-state index in [1.165, 1.54) is 11.1 Å². The largest absolute Gasteiger partial charge is 0.508 e. The molecule has 3 N–H and O–H groups in total. The number of carbonyl (C=O) groups is 1. The van der Waals surface area contributed by atoms with Gasteiger partial charge in [-0.05, 0) is 109 Å². The third-order valence-electron chi connectivity index (χ3n) is 10.3.